The van der Waals surface area contributed by atoms with Crippen molar-refractivity contribution < 1.29 is 9.53 Å². The molecule has 0 aliphatic heterocycles. The van der Waals surface area contributed by atoms with Gasteiger partial charge in [0.2, 0.25) is 0 Å². The molecule has 2 atom stereocenters. The van der Waals surface area contributed by atoms with Crippen LogP contribution in [0.2, 0.25) is 0 Å². The topological polar surface area (TPSA) is 26.3 Å². The van der Waals surface area contributed by atoms with Gasteiger partial charge < -0.3 is 4.74 Å². The van der Waals surface area contributed by atoms with E-state index in [1.165, 1.54) is 0 Å². The van der Waals surface area contributed by atoms with Crippen molar-refractivity contribution in [2.45, 2.75) is 33.6 Å². The molecule has 0 N–H and O–H groups in total. The summed E-state index contributed by atoms with van der Waals surface area (Å²) in [6, 6.07) is 16.5. The van der Waals surface area contributed by atoms with Crippen molar-refractivity contribution in [1.29, 1.82) is 0 Å². The van der Waals surface area contributed by atoms with Gasteiger partial charge in [-0.15, -0.1) is 0 Å². The number of carbonyl (C=O) groups excluding carboxylic acids is 1. The van der Waals surface area contributed by atoms with Crippen molar-refractivity contribution in [1.82, 2.24) is 0 Å². The van der Waals surface area contributed by atoms with Crippen molar-refractivity contribution in [3.8, 4) is 16.9 Å². The summed E-state index contributed by atoms with van der Waals surface area (Å²) < 4.78 is 5.21. The van der Waals surface area contributed by atoms with Crippen molar-refractivity contribution in [2.75, 3.05) is 7.11 Å². The van der Waals surface area contributed by atoms with E-state index in [1.807, 2.05) is 12.1 Å². The molecule has 26 heavy (non-hydrogen) atoms. The van der Waals surface area contributed by atoms with Crippen molar-refractivity contribution >= 4 is 11.9 Å². The summed E-state index contributed by atoms with van der Waals surface area (Å²) in [5, 5.41) is 0. The minimum Gasteiger partial charge on any atom is -0.497 e. The van der Waals surface area contributed by atoms with Gasteiger partial charge in [0.1, 0.15) is 5.75 Å². The van der Waals surface area contributed by atoms with Gasteiger partial charge in [0.25, 0.3) is 0 Å². The maximum Gasteiger partial charge on any atom is 0.162 e. The highest BCUT2D eigenvalue weighted by Crippen LogP contribution is 2.35. The van der Waals surface area contributed by atoms with E-state index >= 15 is 0 Å². The van der Waals surface area contributed by atoms with Crippen LogP contribution in [0.15, 0.2) is 54.1 Å². The fourth-order valence-electron chi connectivity index (χ4n) is 3.76. The predicted molar refractivity (Wildman–Crippen MR) is 108 cm³/mol. The molecule has 2 aromatic carbocycles. The predicted octanol–water partition coefficient (Wildman–Crippen LogP) is 6.02. The first-order chi connectivity index (χ1) is 12.5. The number of rotatable bonds is 4. The molecule has 136 valence electrons. The van der Waals surface area contributed by atoms with Gasteiger partial charge in [-0.1, -0.05) is 57.2 Å². The van der Waals surface area contributed by atoms with E-state index in [9.17, 15) is 4.79 Å². The Morgan fingerprint density at radius 1 is 0.962 bits per heavy atom. The van der Waals surface area contributed by atoms with Crippen LogP contribution in [0.25, 0.3) is 17.2 Å². The van der Waals surface area contributed by atoms with E-state index in [4.69, 9.17) is 4.74 Å². The third kappa shape index (κ3) is 3.90. The summed E-state index contributed by atoms with van der Waals surface area (Å²) in [5.74, 6) is 2.14. The second-order valence-corrected chi connectivity index (χ2v) is 7.64. The number of hydrogen-bond donors (Lipinski definition) is 0. The van der Waals surface area contributed by atoms with Crippen molar-refractivity contribution in [3.05, 3.63) is 59.7 Å². The van der Waals surface area contributed by atoms with Gasteiger partial charge in [-0.25, -0.2) is 0 Å². The van der Waals surface area contributed by atoms with E-state index in [0.717, 1.165) is 40.9 Å². The zero-order valence-corrected chi connectivity index (χ0v) is 16.2. The molecule has 0 unspecified atom stereocenters. The third-order valence-electron chi connectivity index (χ3n) is 5.52. The Morgan fingerprint density at radius 3 is 2.08 bits per heavy atom. The highest BCUT2D eigenvalue weighted by Gasteiger charge is 2.32. The number of ketones is 1. The number of hydrogen-bond acceptors (Lipinski definition) is 2. The minimum atomic E-state index is 0.177. The lowest BCUT2D eigenvalue weighted by Crippen LogP contribution is -2.30. The molecule has 0 amide bonds. The smallest absolute Gasteiger partial charge is 0.162 e. The summed E-state index contributed by atoms with van der Waals surface area (Å²) >= 11 is 0. The van der Waals surface area contributed by atoms with Gasteiger partial charge in [0.05, 0.1) is 7.11 Å². The SMILES string of the molecule is COc1ccc(-c2ccc(C=C3C(=O)[C@@H](C(C)C)CC[C@@H]3C)cc2)cc1. The highest BCUT2D eigenvalue weighted by atomic mass is 16.5. The van der Waals surface area contributed by atoms with E-state index < -0.39 is 0 Å². The maximum atomic E-state index is 12.9. The Kier molecular flexibility index (Phi) is 5.61. The van der Waals surface area contributed by atoms with Gasteiger partial charge in [0, 0.05) is 5.92 Å². The fraction of sp³-hybridized carbons (Fsp3) is 0.375. The molecule has 1 fully saturated rings. The zero-order chi connectivity index (χ0) is 18.7. The van der Waals surface area contributed by atoms with E-state index in [-0.39, 0.29) is 5.92 Å². The first-order valence-corrected chi connectivity index (χ1v) is 9.50. The zero-order valence-electron chi connectivity index (χ0n) is 16.2. The quantitative estimate of drug-likeness (QED) is 0.632. The first kappa shape index (κ1) is 18.4. The summed E-state index contributed by atoms with van der Waals surface area (Å²) in [4.78, 5) is 12.9. The normalized spacial score (nSPS) is 22.0. The van der Waals surface area contributed by atoms with Crippen LogP contribution in [-0.2, 0) is 4.79 Å². The van der Waals surface area contributed by atoms with Gasteiger partial charge in [-0.05, 0) is 65.1 Å². The minimum absolute atomic E-state index is 0.177. The van der Waals surface area contributed by atoms with Crippen LogP contribution < -0.4 is 4.74 Å². The molecule has 0 radical (unpaired) electrons. The second-order valence-electron chi connectivity index (χ2n) is 7.64. The number of carbonyl (C=O) groups is 1. The lowest BCUT2D eigenvalue weighted by Gasteiger charge is -2.30. The molecule has 1 saturated carbocycles. The fourth-order valence-corrected chi connectivity index (χ4v) is 3.76. The maximum absolute atomic E-state index is 12.9. The molecule has 0 bridgehead atoms. The Balaban J connectivity index is 1.83. The number of methoxy groups -OCH3 is 1. The molecule has 1 aliphatic carbocycles. The number of Topliss-reactive ketones (excluding diaryl/α,β-unsaturated/α-hetero) is 1. The molecule has 3 rings (SSSR count). The number of benzene rings is 2. The monoisotopic (exact) mass is 348 g/mol. The first-order valence-electron chi connectivity index (χ1n) is 9.50. The van der Waals surface area contributed by atoms with E-state index in [2.05, 4.69) is 63.2 Å². The number of ether oxygens (including phenoxy) is 1. The largest absolute Gasteiger partial charge is 0.497 e. The second kappa shape index (κ2) is 7.90. The van der Waals surface area contributed by atoms with Crippen LogP contribution in [0.5, 0.6) is 5.75 Å². The molecule has 0 spiro atoms. The van der Waals surface area contributed by atoms with Crippen LogP contribution in [0.3, 0.4) is 0 Å². The van der Waals surface area contributed by atoms with Gasteiger partial charge in [-0.2, -0.15) is 0 Å². The average Bonchev–Trinajstić information content (AvgIpc) is 2.65. The summed E-state index contributed by atoms with van der Waals surface area (Å²) in [6.45, 7) is 6.48. The molecule has 0 saturated heterocycles. The van der Waals surface area contributed by atoms with Crippen LogP contribution in [0.4, 0.5) is 0 Å². The van der Waals surface area contributed by atoms with Crippen molar-refractivity contribution in [3.63, 3.8) is 0 Å². The van der Waals surface area contributed by atoms with Crippen molar-refractivity contribution in [2.24, 2.45) is 17.8 Å². The lowest BCUT2D eigenvalue weighted by molar-refractivity contribution is -0.122. The van der Waals surface area contributed by atoms with Crippen LogP contribution in [0, 0.1) is 17.8 Å². The Hall–Kier alpha value is -2.35. The standard InChI is InChI=1S/C24H28O2/c1-16(2)22-14-5-17(3)23(24(22)25)15-18-6-8-19(9-7-18)20-10-12-21(26-4)13-11-20/h6-13,15-17,22H,5,14H2,1-4H3/t17-,22+/m0/s1. The highest BCUT2D eigenvalue weighted by molar-refractivity contribution is 6.02. The van der Waals surface area contributed by atoms with Crippen LogP contribution in [-0.4, -0.2) is 12.9 Å². The van der Waals surface area contributed by atoms with E-state index in [0.29, 0.717) is 17.6 Å². The molecule has 2 aromatic rings. The lowest BCUT2D eigenvalue weighted by atomic mass is 9.73. The van der Waals surface area contributed by atoms with Crippen LogP contribution in [0.1, 0.15) is 39.2 Å². The molecular weight excluding hydrogens is 320 g/mol. The molecule has 0 heterocycles. The Morgan fingerprint density at radius 2 is 1.54 bits per heavy atom. The Labute approximate surface area is 156 Å². The molecule has 1 aliphatic rings. The summed E-state index contributed by atoms with van der Waals surface area (Å²) in [7, 11) is 1.68. The molecular formula is C24H28O2. The van der Waals surface area contributed by atoms with Gasteiger partial charge in [-0.3, -0.25) is 4.79 Å². The third-order valence-corrected chi connectivity index (χ3v) is 5.52. The molecule has 2 heteroatoms. The molecule has 0 aromatic heterocycles. The average molecular weight is 348 g/mol. The Bertz CT molecular complexity index is 782. The molecule has 2 nitrogen and oxygen atoms in total. The van der Waals surface area contributed by atoms with Gasteiger partial charge >= 0.3 is 0 Å². The number of allylic oxidation sites excluding steroid dienone is 1. The summed E-state index contributed by atoms with van der Waals surface area (Å²) in [5.41, 5.74) is 4.42. The van der Waals surface area contributed by atoms with Gasteiger partial charge in [0.15, 0.2) is 5.78 Å². The van der Waals surface area contributed by atoms with Crippen LogP contribution >= 0.6 is 0 Å². The van der Waals surface area contributed by atoms with E-state index in [1.54, 1.807) is 7.11 Å². The summed E-state index contributed by atoms with van der Waals surface area (Å²) in [6.07, 6.45) is 4.22.